The van der Waals surface area contributed by atoms with Crippen molar-refractivity contribution in [2.45, 2.75) is 11.8 Å². The molecule has 1 amide bonds. The Morgan fingerprint density at radius 3 is 2.75 bits per heavy atom. The zero-order valence-electron chi connectivity index (χ0n) is 11.3. The molecule has 1 aromatic carbocycles. The molecule has 1 N–H and O–H groups in total. The average Bonchev–Trinajstić information content (AvgIpc) is 2.94. The second kappa shape index (κ2) is 4.20. The molecule has 2 aliphatic heterocycles. The van der Waals surface area contributed by atoms with Gasteiger partial charge in [0.1, 0.15) is 5.75 Å². The van der Waals surface area contributed by atoms with Crippen LogP contribution in [0.3, 0.4) is 0 Å². The Bertz CT molecular complexity index is 686. The van der Waals surface area contributed by atoms with Crippen molar-refractivity contribution in [2.24, 2.45) is 0 Å². The maximum Gasteiger partial charge on any atom is 0.236 e. The van der Waals surface area contributed by atoms with Gasteiger partial charge in [-0.05, 0) is 30.2 Å². The van der Waals surface area contributed by atoms with Crippen LogP contribution in [0.2, 0.25) is 0 Å². The van der Waals surface area contributed by atoms with Crippen molar-refractivity contribution in [3.8, 4) is 5.75 Å². The van der Waals surface area contributed by atoms with Crippen molar-refractivity contribution in [3.05, 3.63) is 23.8 Å². The minimum Gasteiger partial charge on any atom is -0.497 e. The molecule has 1 atom stereocenters. The Morgan fingerprint density at radius 2 is 2.15 bits per heavy atom. The number of nitrogens with zero attached hydrogens (tertiary/aromatic N) is 1. The molecule has 1 spiro atoms. The lowest BCUT2D eigenvalue weighted by Gasteiger charge is -2.21. The molecule has 0 saturated carbocycles. The molecule has 108 valence electrons. The number of anilines is 1. The molecule has 1 aromatic rings. The summed E-state index contributed by atoms with van der Waals surface area (Å²) in [5.74, 6) is 0.532. The number of rotatable bonds is 2. The molecule has 0 radical (unpaired) electrons. The Kier molecular flexibility index (Phi) is 2.81. The van der Waals surface area contributed by atoms with Crippen LogP contribution in [-0.2, 0) is 20.2 Å². The average molecular weight is 296 g/mol. The van der Waals surface area contributed by atoms with E-state index in [1.54, 1.807) is 19.2 Å². The monoisotopic (exact) mass is 296 g/mol. The topological polar surface area (TPSA) is 75.7 Å². The molecular formula is C13H16N2O4S. The third-order valence-corrected chi connectivity index (χ3v) is 5.38. The number of benzene rings is 1. The third kappa shape index (κ3) is 1.81. The molecule has 0 bridgehead atoms. The van der Waals surface area contributed by atoms with Gasteiger partial charge < -0.3 is 10.1 Å². The van der Waals surface area contributed by atoms with E-state index in [2.05, 4.69) is 5.32 Å². The molecule has 0 aliphatic carbocycles. The van der Waals surface area contributed by atoms with E-state index in [1.165, 1.54) is 10.6 Å². The van der Waals surface area contributed by atoms with E-state index >= 15 is 0 Å². The van der Waals surface area contributed by atoms with Crippen LogP contribution in [0.5, 0.6) is 5.75 Å². The van der Waals surface area contributed by atoms with Gasteiger partial charge >= 0.3 is 0 Å². The van der Waals surface area contributed by atoms with Crippen molar-refractivity contribution in [1.82, 2.24) is 4.31 Å². The fraction of sp³-hybridized carbons (Fsp3) is 0.462. The van der Waals surface area contributed by atoms with Crippen LogP contribution < -0.4 is 10.1 Å². The Morgan fingerprint density at radius 1 is 1.40 bits per heavy atom. The lowest BCUT2D eigenvalue weighted by atomic mass is 9.81. The molecule has 1 fully saturated rings. The zero-order chi connectivity index (χ0) is 14.5. The molecule has 3 rings (SSSR count). The molecule has 2 heterocycles. The molecular weight excluding hydrogens is 280 g/mol. The number of hydrogen-bond donors (Lipinski definition) is 1. The van der Waals surface area contributed by atoms with Gasteiger partial charge in [0.25, 0.3) is 0 Å². The fourth-order valence-corrected chi connectivity index (χ4v) is 3.86. The fourth-order valence-electron chi connectivity index (χ4n) is 2.98. The predicted molar refractivity (Wildman–Crippen MR) is 74.3 cm³/mol. The third-order valence-electron chi connectivity index (χ3n) is 4.13. The van der Waals surface area contributed by atoms with Crippen molar-refractivity contribution in [3.63, 3.8) is 0 Å². The number of carbonyl (C=O) groups is 1. The zero-order valence-corrected chi connectivity index (χ0v) is 12.2. The number of carbonyl (C=O) groups excluding carboxylic acids is 1. The highest BCUT2D eigenvalue weighted by molar-refractivity contribution is 7.88. The van der Waals surface area contributed by atoms with E-state index in [0.29, 0.717) is 18.7 Å². The lowest BCUT2D eigenvalue weighted by molar-refractivity contribution is -0.120. The number of ether oxygens (including phenoxy) is 1. The predicted octanol–water partition coefficient (Wildman–Crippen LogP) is 0.550. The van der Waals surface area contributed by atoms with E-state index in [4.69, 9.17) is 4.74 Å². The van der Waals surface area contributed by atoms with Gasteiger partial charge in [-0.25, -0.2) is 12.7 Å². The molecule has 20 heavy (non-hydrogen) atoms. The van der Waals surface area contributed by atoms with Crippen LogP contribution in [0.1, 0.15) is 12.0 Å². The van der Waals surface area contributed by atoms with Crippen LogP contribution in [0, 0.1) is 0 Å². The molecule has 7 heteroatoms. The van der Waals surface area contributed by atoms with E-state index < -0.39 is 15.4 Å². The van der Waals surface area contributed by atoms with E-state index in [-0.39, 0.29) is 12.5 Å². The second-order valence-corrected chi connectivity index (χ2v) is 7.28. The van der Waals surface area contributed by atoms with Gasteiger partial charge in [0, 0.05) is 18.8 Å². The van der Waals surface area contributed by atoms with E-state index in [0.717, 1.165) is 11.3 Å². The Balaban J connectivity index is 2.06. The van der Waals surface area contributed by atoms with Gasteiger partial charge in [-0.1, -0.05) is 0 Å². The maximum absolute atomic E-state index is 12.4. The summed E-state index contributed by atoms with van der Waals surface area (Å²) in [6.07, 6.45) is 1.66. The van der Waals surface area contributed by atoms with Gasteiger partial charge in [0.2, 0.25) is 15.9 Å². The number of methoxy groups -OCH3 is 1. The summed E-state index contributed by atoms with van der Waals surface area (Å²) in [6, 6.07) is 5.39. The number of fused-ring (bicyclic) bond motifs is 2. The summed E-state index contributed by atoms with van der Waals surface area (Å²) in [5.41, 5.74) is 0.784. The largest absolute Gasteiger partial charge is 0.497 e. The highest BCUT2D eigenvalue weighted by atomic mass is 32.2. The normalized spacial score (nSPS) is 25.8. The number of hydrogen-bond acceptors (Lipinski definition) is 4. The van der Waals surface area contributed by atoms with Gasteiger partial charge in [0.15, 0.2) is 0 Å². The van der Waals surface area contributed by atoms with E-state index in [9.17, 15) is 13.2 Å². The molecule has 1 saturated heterocycles. The maximum atomic E-state index is 12.4. The molecule has 0 aromatic heterocycles. The molecule has 1 unspecified atom stereocenters. The van der Waals surface area contributed by atoms with Crippen molar-refractivity contribution in [1.29, 1.82) is 0 Å². The molecule has 2 aliphatic rings. The summed E-state index contributed by atoms with van der Waals surface area (Å²) in [6.45, 7) is 0.556. The second-order valence-electron chi connectivity index (χ2n) is 5.29. The summed E-state index contributed by atoms with van der Waals surface area (Å²) in [7, 11) is -1.72. The minimum atomic E-state index is -3.29. The Labute approximate surface area is 117 Å². The first-order chi connectivity index (χ1) is 9.37. The SMILES string of the molecule is COc1ccc2c(c1)C1(CCN(S(C)(=O)=O)C1)C(=O)N2. The lowest BCUT2D eigenvalue weighted by Crippen LogP contribution is -2.39. The number of amides is 1. The van der Waals surface area contributed by atoms with Crippen LogP contribution in [-0.4, -0.2) is 45.1 Å². The summed E-state index contributed by atoms with van der Waals surface area (Å²) in [4.78, 5) is 12.4. The van der Waals surface area contributed by atoms with Gasteiger partial charge in [-0.15, -0.1) is 0 Å². The standard InChI is InChI=1S/C13H16N2O4S/c1-19-9-3-4-11-10(7-9)13(12(16)14-11)5-6-15(8-13)20(2,17)18/h3-4,7H,5-6,8H2,1-2H3,(H,14,16). The van der Waals surface area contributed by atoms with E-state index in [1.807, 2.05) is 6.07 Å². The quantitative estimate of drug-likeness (QED) is 0.865. The number of sulfonamides is 1. The van der Waals surface area contributed by atoms with Crippen LogP contribution in [0.15, 0.2) is 18.2 Å². The van der Waals surface area contributed by atoms with Gasteiger partial charge in [-0.2, -0.15) is 0 Å². The van der Waals surface area contributed by atoms with Gasteiger partial charge in [0.05, 0.1) is 18.8 Å². The van der Waals surface area contributed by atoms with Crippen molar-refractivity contribution >= 4 is 21.6 Å². The summed E-state index contributed by atoms with van der Waals surface area (Å²) in [5, 5.41) is 2.84. The molecule has 6 nitrogen and oxygen atoms in total. The summed E-state index contributed by atoms with van der Waals surface area (Å²) >= 11 is 0. The van der Waals surface area contributed by atoms with Gasteiger partial charge in [-0.3, -0.25) is 4.79 Å². The summed E-state index contributed by atoms with van der Waals surface area (Å²) < 4.78 is 29.9. The first-order valence-electron chi connectivity index (χ1n) is 6.32. The van der Waals surface area contributed by atoms with Crippen LogP contribution >= 0.6 is 0 Å². The first kappa shape index (κ1) is 13.4. The van der Waals surface area contributed by atoms with Crippen molar-refractivity contribution in [2.75, 3.05) is 31.8 Å². The number of nitrogens with one attached hydrogen (secondary N) is 1. The first-order valence-corrected chi connectivity index (χ1v) is 8.17. The highest BCUT2D eigenvalue weighted by Crippen LogP contribution is 2.45. The Hall–Kier alpha value is -1.60. The highest BCUT2D eigenvalue weighted by Gasteiger charge is 2.52. The van der Waals surface area contributed by atoms with Crippen molar-refractivity contribution < 1.29 is 17.9 Å². The van der Waals surface area contributed by atoms with Crippen LogP contribution in [0.4, 0.5) is 5.69 Å². The smallest absolute Gasteiger partial charge is 0.236 e. The van der Waals surface area contributed by atoms with Crippen LogP contribution in [0.25, 0.3) is 0 Å². The minimum absolute atomic E-state index is 0.132.